The van der Waals surface area contributed by atoms with Crippen LogP contribution in [0, 0.1) is 0 Å². The van der Waals surface area contributed by atoms with Crippen LogP contribution in [-0.2, 0) is 17.4 Å². The fourth-order valence-corrected chi connectivity index (χ4v) is 3.43. The highest BCUT2D eigenvalue weighted by molar-refractivity contribution is 7.53. The maximum Gasteiger partial charge on any atom is 0.434 e. The highest BCUT2D eigenvalue weighted by Crippen LogP contribution is 2.48. The molecule has 2 rings (SSSR count). The molecule has 0 spiro atoms. The molecule has 0 amide bonds. The van der Waals surface area contributed by atoms with Gasteiger partial charge < -0.3 is 9.79 Å². The first-order valence-corrected chi connectivity index (χ1v) is 8.51. The van der Waals surface area contributed by atoms with Gasteiger partial charge in [-0.3, -0.25) is 4.67 Å². The molecule has 112 valence electrons. The molecule has 0 radical (unpaired) electrons. The topological polar surface area (TPSA) is 60.8 Å². The minimum atomic E-state index is -4.46. The molecule has 4 nitrogen and oxygen atoms in total. The second-order valence-electron chi connectivity index (χ2n) is 4.83. The van der Waals surface area contributed by atoms with E-state index in [4.69, 9.17) is 0 Å². The average Bonchev–Trinajstić information content (AvgIpc) is 2.45. The van der Waals surface area contributed by atoms with Crippen LogP contribution in [0.25, 0.3) is 10.8 Å². The van der Waals surface area contributed by atoms with Gasteiger partial charge in [0.1, 0.15) is 0 Å². The molecule has 2 aromatic rings. The Morgan fingerprint density at radius 2 is 1.90 bits per heavy atom. The van der Waals surface area contributed by atoms with Crippen molar-refractivity contribution in [3.05, 3.63) is 54.2 Å². The van der Waals surface area contributed by atoms with Crippen LogP contribution in [0.1, 0.15) is 25.0 Å². The third-order valence-electron chi connectivity index (χ3n) is 3.64. The van der Waals surface area contributed by atoms with Crippen LogP contribution in [0.3, 0.4) is 0 Å². The predicted molar refractivity (Wildman–Crippen MR) is 87.4 cm³/mol. The van der Waals surface area contributed by atoms with Crippen LogP contribution < -0.4 is 4.67 Å². The Labute approximate surface area is 124 Å². The fourth-order valence-electron chi connectivity index (χ4n) is 2.73. The van der Waals surface area contributed by atoms with Crippen molar-refractivity contribution < 1.29 is 14.4 Å². The summed E-state index contributed by atoms with van der Waals surface area (Å²) in [6, 6.07) is 9.73. The van der Waals surface area contributed by atoms with Crippen LogP contribution in [0.5, 0.6) is 0 Å². The first-order chi connectivity index (χ1) is 9.93. The molecule has 5 heteroatoms. The lowest BCUT2D eigenvalue weighted by atomic mass is 9.95. The van der Waals surface area contributed by atoms with E-state index in [2.05, 4.69) is 12.6 Å². The Kier molecular flexibility index (Phi) is 4.52. The molecular weight excluding hydrogens is 285 g/mol. The number of anilines is 1. The van der Waals surface area contributed by atoms with Crippen molar-refractivity contribution in [1.82, 2.24) is 0 Å². The maximum atomic E-state index is 11.8. The van der Waals surface area contributed by atoms with Gasteiger partial charge in [-0.15, -0.1) is 0 Å². The number of hydrogen-bond acceptors (Lipinski definition) is 1. The van der Waals surface area contributed by atoms with Gasteiger partial charge in [0, 0.05) is 11.6 Å². The van der Waals surface area contributed by atoms with Crippen LogP contribution in [0.15, 0.2) is 43.1 Å². The van der Waals surface area contributed by atoms with E-state index in [0.717, 1.165) is 33.0 Å². The molecule has 0 aliphatic rings. The quantitative estimate of drug-likeness (QED) is 0.819. The van der Waals surface area contributed by atoms with E-state index in [0.29, 0.717) is 12.1 Å². The third kappa shape index (κ3) is 2.88. The van der Waals surface area contributed by atoms with Crippen molar-refractivity contribution in [2.75, 3.05) is 4.67 Å². The second kappa shape index (κ2) is 6.02. The minimum Gasteiger partial charge on any atom is -0.308 e. The molecule has 0 aromatic heterocycles. The van der Waals surface area contributed by atoms with E-state index in [1.807, 2.05) is 38.1 Å². The highest BCUT2D eigenvalue weighted by atomic mass is 31.2. The number of fused-ring (bicyclic) bond motifs is 1. The molecule has 0 aliphatic carbocycles. The molecule has 0 atom stereocenters. The zero-order chi connectivity index (χ0) is 15.6. The van der Waals surface area contributed by atoms with Gasteiger partial charge >= 0.3 is 7.75 Å². The summed E-state index contributed by atoms with van der Waals surface area (Å²) in [4.78, 5) is 19.3. The SMILES string of the molecule is C=CN(c1c(CC)c(CC)cc2ccccc12)P(=O)(O)O. The van der Waals surface area contributed by atoms with Gasteiger partial charge in [0.2, 0.25) is 0 Å². The lowest BCUT2D eigenvalue weighted by Gasteiger charge is -2.26. The molecule has 21 heavy (non-hydrogen) atoms. The van der Waals surface area contributed by atoms with Crippen LogP contribution in [0.4, 0.5) is 5.69 Å². The first-order valence-electron chi connectivity index (χ1n) is 6.95. The number of rotatable bonds is 5. The van der Waals surface area contributed by atoms with Gasteiger partial charge in [-0.05, 0) is 29.4 Å². The Balaban J connectivity index is 2.92. The number of nitrogens with zero attached hydrogens (tertiary/aromatic N) is 1. The van der Waals surface area contributed by atoms with E-state index in [1.54, 1.807) is 0 Å². The van der Waals surface area contributed by atoms with Crippen LogP contribution in [0.2, 0.25) is 0 Å². The molecule has 2 aromatic carbocycles. The average molecular weight is 305 g/mol. The molecular formula is C16H20NO3P. The lowest BCUT2D eigenvalue weighted by molar-refractivity contribution is 0.373. The predicted octanol–water partition coefficient (Wildman–Crippen LogP) is 4.01. The van der Waals surface area contributed by atoms with Gasteiger partial charge in [0.25, 0.3) is 0 Å². The first kappa shape index (κ1) is 15.8. The van der Waals surface area contributed by atoms with Gasteiger partial charge in [0.15, 0.2) is 0 Å². The molecule has 0 heterocycles. The van der Waals surface area contributed by atoms with Crippen molar-refractivity contribution in [3.8, 4) is 0 Å². The zero-order valence-electron chi connectivity index (χ0n) is 12.3. The molecule has 0 aliphatic heterocycles. The smallest absolute Gasteiger partial charge is 0.308 e. The van der Waals surface area contributed by atoms with Gasteiger partial charge in [-0.2, -0.15) is 0 Å². The summed E-state index contributed by atoms with van der Waals surface area (Å²) in [5.74, 6) is 0. The summed E-state index contributed by atoms with van der Waals surface area (Å²) >= 11 is 0. The summed E-state index contributed by atoms with van der Waals surface area (Å²) < 4.78 is 12.8. The Hall–Kier alpha value is -1.61. The summed E-state index contributed by atoms with van der Waals surface area (Å²) in [6.07, 6.45) is 2.72. The van der Waals surface area contributed by atoms with Crippen molar-refractivity contribution >= 4 is 24.2 Å². The van der Waals surface area contributed by atoms with Gasteiger partial charge in [-0.25, -0.2) is 4.57 Å². The van der Waals surface area contributed by atoms with Gasteiger partial charge in [-0.1, -0.05) is 50.8 Å². The monoisotopic (exact) mass is 305 g/mol. The van der Waals surface area contributed by atoms with Gasteiger partial charge in [0.05, 0.1) is 5.69 Å². The van der Waals surface area contributed by atoms with Crippen molar-refractivity contribution in [3.63, 3.8) is 0 Å². The lowest BCUT2D eigenvalue weighted by Crippen LogP contribution is -2.14. The van der Waals surface area contributed by atoms with E-state index in [9.17, 15) is 14.4 Å². The molecule has 0 bridgehead atoms. The normalized spacial score (nSPS) is 11.6. The third-order valence-corrected chi connectivity index (χ3v) is 4.56. The van der Waals surface area contributed by atoms with Crippen molar-refractivity contribution in [2.45, 2.75) is 26.7 Å². The van der Waals surface area contributed by atoms with Crippen LogP contribution in [-0.4, -0.2) is 9.79 Å². The second-order valence-corrected chi connectivity index (χ2v) is 6.29. The number of hydrogen-bond donors (Lipinski definition) is 2. The van der Waals surface area contributed by atoms with Crippen LogP contribution >= 0.6 is 7.75 Å². The Bertz CT molecular complexity index is 721. The molecule has 0 saturated carbocycles. The summed E-state index contributed by atoms with van der Waals surface area (Å²) in [6.45, 7) is 7.61. The fraction of sp³-hybridized carbons (Fsp3) is 0.250. The standard InChI is InChI=1S/C16H20NO3P/c1-4-12-11-13-9-7-8-10-15(13)16(14(12)5-2)17(6-3)21(18,19)20/h6-11H,3-5H2,1-2H3,(H2,18,19,20). The van der Waals surface area contributed by atoms with Crippen molar-refractivity contribution in [2.24, 2.45) is 0 Å². The number of aryl methyl sites for hydroxylation is 1. The minimum absolute atomic E-state index is 0.566. The number of benzene rings is 2. The van der Waals surface area contributed by atoms with E-state index in [1.165, 1.54) is 6.20 Å². The molecule has 2 N–H and O–H groups in total. The summed E-state index contributed by atoms with van der Waals surface area (Å²) in [5, 5.41) is 1.80. The zero-order valence-corrected chi connectivity index (χ0v) is 13.2. The maximum absolute atomic E-state index is 11.8. The summed E-state index contributed by atoms with van der Waals surface area (Å²) in [7, 11) is -4.46. The summed E-state index contributed by atoms with van der Waals surface area (Å²) in [5.41, 5.74) is 2.63. The van der Waals surface area contributed by atoms with E-state index in [-0.39, 0.29) is 0 Å². The van der Waals surface area contributed by atoms with Crippen molar-refractivity contribution in [1.29, 1.82) is 0 Å². The Morgan fingerprint density at radius 3 is 2.43 bits per heavy atom. The highest BCUT2D eigenvalue weighted by Gasteiger charge is 2.27. The molecule has 0 fully saturated rings. The van der Waals surface area contributed by atoms with E-state index >= 15 is 0 Å². The molecule has 0 saturated heterocycles. The Morgan fingerprint density at radius 1 is 1.24 bits per heavy atom. The largest absolute Gasteiger partial charge is 0.434 e. The molecule has 0 unspecified atom stereocenters. The van der Waals surface area contributed by atoms with E-state index < -0.39 is 7.75 Å².